The number of benzene rings is 1. The van der Waals surface area contributed by atoms with Gasteiger partial charge in [0.15, 0.2) is 5.65 Å². The van der Waals surface area contributed by atoms with E-state index in [1.165, 1.54) is 19.3 Å². The Kier molecular flexibility index (Phi) is 5.67. The average molecular weight is 395 g/mol. The van der Waals surface area contributed by atoms with Crippen molar-refractivity contribution in [3.8, 4) is 0 Å². The molecule has 4 rings (SSSR count). The van der Waals surface area contributed by atoms with E-state index in [2.05, 4.69) is 24.1 Å². The fourth-order valence-electron chi connectivity index (χ4n) is 4.09. The molecule has 2 aromatic heterocycles. The van der Waals surface area contributed by atoms with Gasteiger partial charge < -0.3 is 20.5 Å². The van der Waals surface area contributed by atoms with Crippen molar-refractivity contribution in [2.45, 2.75) is 39.7 Å². The van der Waals surface area contributed by atoms with Crippen LogP contribution in [0.4, 0.5) is 5.82 Å². The lowest BCUT2D eigenvalue weighted by Crippen LogP contribution is -2.37. The molecule has 0 spiro atoms. The van der Waals surface area contributed by atoms with Crippen LogP contribution in [0.2, 0.25) is 0 Å². The second kappa shape index (κ2) is 8.37. The van der Waals surface area contributed by atoms with Crippen LogP contribution in [0.1, 0.15) is 43.5 Å². The molecule has 0 unspecified atom stereocenters. The average Bonchev–Trinajstić information content (AvgIpc) is 2.97. The number of carbonyl (C=O) groups is 1. The minimum absolute atomic E-state index is 0.170. The summed E-state index contributed by atoms with van der Waals surface area (Å²) in [5, 5.41) is 3.05. The molecule has 7 heteroatoms. The van der Waals surface area contributed by atoms with E-state index in [1.807, 2.05) is 28.8 Å². The Balaban J connectivity index is 1.65. The number of nitrogens with two attached hydrogens (primary N) is 1. The molecule has 29 heavy (non-hydrogen) atoms. The molecule has 0 aliphatic carbocycles. The number of fused-ring (bicyclic) bond motifs is 2. The number of rotatable bonds is 6. The summed E-state index contributed by atoms with van der Waals surface area (Å²) < 4.78 is 1.93. The number of anilines is 1. The van der Waals surface area contributed by atoms with Crippen molar-refractivity contribution < 1.29 is 4.79 Å². The van der Waals surface area contributed by atoms with Gasteiger partial charge in [-0.05, 0) is 44.0 Å². The van der Waals surface area contributed by atoms with Crippen molar-refractivity contribution >= 4 is 33.9 Å². The molecule has 3 N–H and O–H groups in total. The minimum Gasteiger partial charge on any atom is -0.384 e. The van der Waals surface area contributed by atoms with E-state index in [-0.39, 0.29) is 5.91 Å². The SMILES string of the molecule is CC(C)Cn1c(N)c(C(=O)NCCN2CCCCC2)c2nc3ccccc3nc21. The molecule has 1 aliphatic rings. The van der Waals surface area contributed by atoms with E-state index in [4.69, 9.17) is 15.7 Å². The largest absolute Gasteiger partial charge is 0.384 e. The maximum Gasteiger partial charge on any atom is 0.257 e. The molecular weight excluding hydrogens is 364 g/mol. The smallest absolute Gasteiger partial charge is 0.257 e. The third-order valence-electron chi connectivity index (χ3n) is 5.53. The van der Waals surface area contributed by atoms with Gasteiger partial charge in [-0.15, -0.1) is 0 Å². The number of nitrogens with one attached hydrogen (secondary N) is 1. The number of nitrogen functional groups attached to an aromatic ring is 1. The summed E-state index contributed by atoms with van der Waals surface area (Å²) in [6.45, 7) is 8.64. The van der Waals surface area contributed by atoms with Gasteiger partial charge in [-0.25, -0.2) is 9.97 Å². The lowest BCUT2D eigenvalue weighted by molar-refractivity contribution is 0.0948. The topological polar surface area (TPSA) is 89.1 Å². The summed E-state index contributed by atoms with van der Waals surface area (Å²) in [7, 11) is 0. The van der Waals surface area contributed by atoms with Crippen molar-refractivity contribution in [3.05, 3.63) is 29.8 Å². The standard InChI is InChI=1S/C22H30N6O/c1-15(2)14-28-20(23)18(22(29)24-10-13-27-11-6-3-7-12-27)19-21(28)26-17-9-5-4-8-16(17)25-19/h4-5,8-9,15H,3,6-7,10-14,23H2,1-2H3,(H,24,29). The van der Waals surface area contributed by atoms with E-state index < -0.39 is 0 Å². The number of carbonyl (C=O) groups excluding carboxylic acids is 1. The molecule has 1 aliphatic heterocycles. The van der Waals surface area contributed by atoms with Crippen LogP contribution >= 0.6 is 0 Å². The Labute approximate surface area is 171 Å². The first-order valence-electron chi connectivity index (χ1n) is 10.6. The van der Waals surface area contributed by atoms with Gasteiger partial charge in [0.25, 0.3) is 5.91 Å². The second-order valence-electron chi connectivity index (χ2n) is 8.31. The lowest BCUT2D eigenvalue weighted by atomic mass is 10.1. The number of aromatic nitrogens is 3. The molecule has 0 atom stereocenters. The predicted octanol–water partition coefficient (Wildman–Crippen LogP) is 3.04. The van der Waals surface area contributed by atoms with Gasteiger partial charge in [0, 0.05) is 19.6 Å². The molecule has 1 amide bonds. The molecule has 7 nitrogen and oxygen atoms in total. The lowest BCUT2D eigenvalue weighted by Gasteiger charge is -2.26. The van der Waals surface area contributed by atoms with Gasteiger partial charge in [0.2, 0.25) is 0 Å². The third-order valence-corrected chi connectivity index (χ3v) is 5.53. The predicted molar refractivity (Wildman–Crippen MR) is 117 cm³/mol. The van der Waals surface area contributed by atoms with Gasteiger partial charge in [-0.1, -0.05) is 32.4 Å². The highest BCUT2D eigenvalue weighted by Crippen LogP contribution is 2.28. The first kappa shape index (κ1) is 19.6. The number of nitrogens with zero attached hydrogens (tertiary/aromatic N) is 4. The monoisotopic (exact) mass is 394 g/mol. The fourth-order valence-corrected chi connectivity index (χ4v) is 4.09. The van der Waals surface area contributed by atoms with Crippen LogP contribution in [0.15, 0.2) is 24.3 Å². The molecule has 0 saturated carbocycles. The van der Waals surface area contributed by atoms with Crippen molar-refractivity contribution in [1.82, 2.24) is 24.8 Å². The van der Waals surface area contributed by atoms with Crippen LogP contribution in [-0.2, 0) is 6.54 Å². The zero-order chi connectivity index (χ0) is 20.4. The first-order valence-corrected chi connectivity index (χ1v) is 10.6. The van der Waals surface area contributed by atoms with Crippen molar-refractivity contribution in [1.29, 1.82) is 0 Å². The minimum atomic E-state index is -0.170. The highest BCUT2D eigenvalue weighted by Gasteiger charge is 2.24. The Morgan fingerprint density at radius 3 is 2.52 bits per heavy atom. The third kappa shape index (κ3) is 4.05. The maximum atomic E-state index is 13.1. The van der Waals surface area contributed by atoms with E-state index in [0.717, 1.165) is 30.7 Å². The van der Waals surface area contributed by atoms with E-state index >= 15 is 0 Å². The van der Waals surface area contributed by atoms with Crippen LogP contribution < -0.4 is 11.1 Å². The molecule has 3 aromatic rings. The van der Waals surface area contributed by atoms with E-state index in [9.17, 15) is 4.79 Å². The van der Waals surface area contributed by atoms with Crippen LogP contribution in [-0.4, -0.2) is 51.5 Å². The molecule has 154 valence electrons. The number of piperidine rings is 1. The van der Waals surface area contributed by atoms with Gasteiger partial charge in [-0.2, -0.15) is 0 Å². The molecule has 3 heterocycles. The molecule has 1 fully saturated rings. The highest BCUT2D eigenvalue weighted by molar-refractivity contribution is 6.10. The first-order chi connectivity index (χ1) is 14.0. The Morgan fingerprint density at radius 2 is 1.83 bits per heavy atom. The number of amides is 1. The summed E-state index contributed by atoms with van der Waals surface area (Å²) in [6, 6.07) is 7.71. The zero-order valence-corrected chi connectivity index (χ0v) is 17.3. The number of hydrogen-bond acceptors (Lipinski definition) is 5. The van der Waals surface area contributed by atoms with Gasteiger partial charge in [-0.3, -0.25) is 4.79 Å². The summed E-state index contributed by atoms with van der Waals surface area (Å²) in [4.78, 5) is 25.0. The van der Waals surface area contributed by atoms with E-state index in [1.54, 1.807) is 0 Å². The maximum absolute atomic E-state index is 13.1. The van der Waals surface area contributed by atoms with Crippen LogP contribution in [0.25, 0.3) is 22.2 Å². The van der Waals surface area contributed by atoms with Crippen LogP contribution in [0.5, 0.6) is 0 Å². The fraction of sp³-hybridized carbons (Fsp3) is 0.500. The molecule has 0 bridgehead atoms. The Hall–Kier alpha value is -2.67. The van der Waals surface area contributed by atoms with Crippen molar-refractivity contribution in [2.75, 3.05) is 31.9 Å². The second-order valence-corrected chi connectivity index (χ2v) is 8.31. The zero-order valence-electron chi connectivity index (χ0n) is 17.3. The summed E-state index contributed by atoms with van der Waals surface area (Å²) >= 11 is 0. The summed E-state index contributed by atoms with van der Waals surface area (Å²) in [5.41, 5.74) is 9.73. The number of likely N-dealkylation sites (tertiary alicyclic amines) is 1. The van der Waals surface area contributed by atoms with E-state index in [0.29, 0.717) is 41.6 Å². The van der Waals surface area contributed by atoms with Crippen molar-refractivity contribution in [2.24, 2.45) is 5.92 Å². The quantitative estimate of drug-likeness (QED) is 0.671. The Bertz CT molecular complexity index is 1020. The van der Waals surface area contributed by atoms with Crippen LogP contribution in [0.3, 0.4) is 0 Å². The number of hydrogen-bond donors (Lipinski definition) is 2. The summed E-state index contributed by atoms with van der Waals surface area (Å²) in [6.07, 6.45) is 3.79. The molecule has 1 saturated heterocycles. The van der Waals surface area contributed by atoms with Crippen LogP contribution in [0, 0.1) is 5.92 Å². The summed E-state index contributed by atoms with van der Waals surface area (Å²) in [5.74, 6) is 0.646. The van der Waals surface area contributed by atoms with Gasteiger partial charge in [0.05, 0.1) is 11.0 Å². The number of para-hydroxylation sites is 2. The van der Waals surface area contributed by atoms with Crippen molar-refractivity contribution in [3.63, 3.8) is 0 Å². The molecule has 0 radical (unpaired) electrons. The molecule has 1 aromatic carbocycles. The molecular formula is C22H30N6O. The van der Waals surface area contributed by atoms with Gasteiger partial charge >= 0.3 is 0 Å². The normalized spacial score (nSPS) is 15.4. The highest BCUT2D eigenvalue weighted by atomic mass is 16.1. The Morgan fingerprint density at radius 1 is 1.14 bits per heavy atom. The van der Waals surface area contributed by atoms with Gasteiger partial charge in [0.1, 0.15) is 16.9 Å².